The van der Waals surface area contributed by atoms with E-state index in [2.05, 4.69) is 63.1 Å². The molecule has 0 fully saturated rings. The van der Waals surface area contributed by atoms with Crippen LogP contribution in [0, 0.1) is 13.8 Å². The third kappa shape index (κ3) is 6.85. The number of aliphatic hydroxyl groups excluding tert-OH is 1. The van der Waals surface area contributed by atoms with Crippen molar-refractivity contribution in [1.82, 2.24) is 9.97 Å². The Bertz CT molecular complexity index is 1030. The van der Waals surface area contributed by atoms with Crippen molar-refractivity contribution in [3.05, 3.63) is 94.3 Å². The number of aliphatic hydroxyl groups is 1. The van der Waals surface area contributed by atoms with Crippen LogP contribution in [0.15, 0.2) is 72.4 Å². The number of hydrogen-bond acceptors (Lipinski definition) is 5. The largest absolute Gasteiger partial charge is 1.00 e. The number of rotatable bonds is 5. The first kappa shape index (κ1) is 24.5. The molecule has 31 heavy (non-hydrogen) atoms. The van der Waals surface area contributed by atoms with E-state index < -0.39 is 0 Å². The molecule has 0 amide bonds. The van der Waals surface area contributed by atoms with Crippen LogP contribution in [0.4, 0.5) is 5.82 Å². The molecular formula is C24H27ClN4OS. The van der Waals surface area contributed by atoms with Crippen molar-refractivity contribution in [2.75, 3.05) is 12.3 Å². The fourth-order valence-electron chi connectivity index (χ4n) is 3.03. The Hall–Kier alpha value is -2.80. The summed E-state index contributed by atoms with van der Waals surface area (Å²) in [6.45, 7) is 4.71. The Labute approximate surface area is 193 Å². The Kier molecular flexibility index (Phi) is 9.59. The van der Waals surface area contributed by atoms with Crippen LogP contribution in [0.5, 0.6) is 0 Å². The molecule has 4 aromatic rings. The van der Waals surface area contributed by atoms with E-state index in [9.17, 15) is 0 Å². The minimum absolute atomic E-state index is 0. The van der Waals surface area contributed by atoms with E-state index in [-0.39, 0.29) is 19.0 Å². The summed E-state index contributed by atoms with van der Waals surface area (Å²) in [6.07, 6.45) is 2.47. The second-order valence-corrected chi connectivity index (χ2v) is 7.83. The van der Waals surface area contributed by atoms with Gasteiger partial charge in [0.15, 0.2) is 12.2 Å². The first-order valence-electron chi connectivity index (χ1n) is 9.84. The van der Waals surface area contributed by atoms with Crippen LogP contribution in [0.25, 0.3) is 11.1 Å². The standard InChI is InChI=1S/C12H17N4OS.C12H10.ClH/c1-8-11(3-4-17)18-7-16(8)6-10-5-14-9(2)15-12(10)13;1-3-7-11(8-4-1)12-9-5-2-6-10-12;/h5,7,17H,3-4,6H2,1-2H3,(H2,13,14,15);1-10H;1H/q+1;;/p-1. The average Bonchev–Trinajstić information content (AvgIpc) is 3.11. The highest BCUT2D eigenvalue weighted by molar-refractivity contribution is 7.09. The molecule has 0 aliphatic rings. The molecule has 2 aromatic carbocycles. The number of nitrogens with zero attached hydrogens (tertiary/aromatic N) is 3. The summed E-state index contributed by atoms with van der Waals surface area (Å²) in [5, 5.41) is 8.98. The van der Waals surface area contributed by atoms with Gasteiger partial charge in [-0.1, -0.05) is 72.0 Å². The van der Waals surface area contributed by atoms with Gasteiger partial charge in [0.25, 0.3) is 0 Å². The van der Waals surface area contributed by atoms with Gasteiger partial charge >= 0.3 is 0 Å². The second kappa shape index (κ2) is 12.2. The van der Waals surface area contributed by atoms with E-state index in [0.717, 1.165) is 11.3 Å². The topological polar surface area (TPSA) is 75.9 Å². The Morgan fingerprint density at radius 1 is 0.968 bits per heavy atom. The highest BCUT2D eigenvalue weighted by atomic mass is 35.5. The minimum Gasteiger partial charge on any atom is -1.00 e. The van der Waals surface area contributed by atoms with Crippen molar-refractivity contribution in [3.63, 3.8) is 0 Å². The number of halogens is 1. The van der Waals surface area contributed by atoms with Gasteiger partial charge in [0.05, 0.1) is 10.4 Å². The van der Waals surface area contributed by atoms with Crippen molar-refractivity contribution < 1.29 is 22.1 Å². The lowest BCUT2D eigenvalue weighted by Gasteiger charge is -2.01. The third-order valence-corrected chi connectivity index (χ3v) is 5.88. The van der Waals surface area contributed by atoms with Crippen molar-refractivity contribution in [2.24, 2.45) is 0 Å². The van der Waals surface area contributed by atoms with E-state index in [1.54, 1.807) is 17.5 Å². The maximum atomic E-state index is 8.98. The number of aryl methyl sites for hydroxylation is 1. The van der Waals surface area contributed by atoms with Gasteiger partial charge in [0.2, 0.25) is 5.51 Å². The van der Waals surface area contributed by atoms with Gasteiger partial charge in [-0.2, -0.15) is 4.57 Å². The van der Waals surface area contributed by atoms with Gasteiger partial charge in [-0.25, -0.2) is 9.97 Å². The summed E-state index contributed by atoms with van der Waals surface area (Å²) in [7, 11) is 0. The van der Waals surface area contributed by atoms with E-state index in [1.807, 2.05) is 31.5 Å². The zero-order valence-corrected chi connectivity index (χ0v) is 19.3. The molecule has 3 N–H and O–H groups in total. The molecule has 0 saturated carbocycles. The fraction of sp³-hybridized carbons (Fsp3) is 0.208. The number of benzene rings is 2. The summed E-state index contributed by atoms with van der Waals surface area (Å²) in [6, 6.07) is 20.8. The maximum Gasteiger partial charge on any atom is 0.225 e. The number of anilines is 1. The number of thiazole rings is 1. The van der Waals surface area contributed by atoms with E-state index in [0.29, 0.717) is 24.6 Å². The summed E-state index contributed by atoms with van der Waals surface area (Å²) < 4.78 is 2.11. The zero-order valence-electron chi connectivity index (χ0n) is 17.7. The van der Waals surface area contributed by atoms with Gasteiger partial charge in [-0.3, -0.25) is 0 Å². The molecule has 0 radical (unpaired) electrons. The summed E-state index contributed by atoms with van der Waals surface area (Å²) in [4.78, 5) is 9.53. The van der Waals surface area contributed by atoms with E-state index in [1.165, 1.54) is 16.0 Å². The van der Waals surface area contributed by atoms with Crippen molar-refractivity contribution >= 4 is 17.2 Å². The molecule has 5 nitrogen and oxygen atoms in total. The maximum absolute atomic E-state index is 8.98. The second-order valence-electron chi connectivity index (χ2n) is 6.89. The molecule has 2 heterocycles. The van der Waals surface area contributed by atoms with Gasteiger partial charge in [-0.05, 0) is 18.1 Å². The first-order chi connectivity index (χ1) is 14.6. The summed E-state index contributed by atoms with van der Waals surface area (Å²) in [5.41, 5.74) is 12.6. The Balaban J connectivity index is 0.000000229. The van der Waals surface area contributed by atoms with Gasteiger partial charge in [0.1, 0.15) is 11.6 Å². The van der Waals surface area contributed by atoms with Crippen LogP contribution >= 0.6 is 11.3 Å². The highest BCUT2D eigenvalue weighted by Gasteiger charge is 2.17. The van der Waals surface area contributed by atoms with Gasteiger partial charge in [-0.15, -0.1) is 0 Å². The number of nitrogens with two attached hydrogens (primary N) is 1. The Morgan fingerprint density at radius 2 is 1.55 bits per heavy atom. The van der Waals surface area contributed by atoms with Crippen LogP contribution in [0.1, 0.15) is 22.0 Å². The van der Waals surface area contributed by atoms with Crippen LogP contribution in [0.2, 0.25) is 0 Å². The van der Waals surface area contributed by atoms with Gasteiger partial charge in [0, 0.05) is 26.1 Å². The molecule has 162 valence electrons. The molecule has 0 atom stereocenters. The SMILES string of the molecule is Cc1ncc(C[n+]2csc(CCO)c2C)c(N)n1.[Cl-].c1ccc(-c2ccccc2)cc1. The zero-order chi connectivity index (χ0) is 21.3. The average molecular weight is 455 g/mol. The van der Waals surface area contributed by atoms with Crippen LogP contribution in [-0.4, -0.2) is 21.7 Å². The van der Waals surface area contributed by atoms with Crippen LogP contribution < -0.4 is 22.7 Å². The van der Waals surface area contributed by atoms with Crippen LogP contribution in [-0.2, 0) is 13.0 Å². The summed E-state index contributed by atoms with van der Waals surface area (Å²) in [5.74, 6) is 1.22. The fourth-order valence-corrected chi connectivity index (χ4v) is 4.01. The molecular weight excluding hydrogens is 428 g/mol. The lowest BCUT2D eigenvalue weighted by Crippen LogP contribution is -3.00. The van der Waals surface area contributed by atoms with Crippen LogP contribution in [0.3, 0.4) is 0 Å². The Morgan fingerprint density at radius 3 is 2.06 bits per heavy atom. The highest BCUT2D eigenvalue weighted by Crippen LogP contribution is 2.17. The normalized spacial score (nSPS) is 10.0. The van der Waals surface area contributed by atoms with E-state index in [4.69, 9.17) is 10.8 Å². The summed E-state index contributed by atoms with van der Waals surface area (Å²) >= 11 is 1.65. The molecule has 0 spiro atoms. The molecule has 2 aromatic heterocycles. The number of aromatic nitrogens is 3. The first-order valence-corrected chi connectivity index (χ1v) is 10.7. The van der Waals surface area contributed by atoms with Crippen molar-refractivity contribution in [2.45, 2.75) is 26.8 Å². The smallest absolute Gasteiger partial charge is 0.225 e. The molecule has 0 unspecified atom stereocenters. The minimum atomic E-state index is 0. The molecule has 4 rings (SSSR count). The molecule has 0 aliphatic carbocycles. The molecule has 7 heteroatoms. The number of nitrogen functional groups attached to an aromatic ring is 1. The molecule has 0 saturated heterocycles. The lowest BCUT2D eigenvalue weighted by molar-refractivity contribution is -0.689. The third-order valence-electron chi connectivity index (χ3n) is 4.74. The predicted molar refractivity (Wildman–Crippen MR) is 122 cm³/mol. The monoisotopic (exact) mass is 454 g/mol. The quantitative estimate of drug-likeness (QED) is 0.440. The van der Waals surface area contributed by atoms with E-state index >= 15 is 0 Å². The lowest BCUT2D eigenvalue weighted by atomic mass is 10.1. The van der Waals surface area contributed by atoms with Crippen molar-refractivity contribution in [1.29, 1.82) is 0 Å². The molecule has 0 bridgehead atoms. The molecule has 0 aliphatic heterocycles. The number of hydrogen-bond donors (Lipinski definition) is 2. The van der Waals surface area contributed by atoms with Crippen molar-refractivity contribution in [3.8, 4) is 11.1 Å². The van der Waals surface area contributed by atoms with Gasteiger partial charge < -0.3 is 23.2 Å². The predicted octanol–water partition coefficient (Wildman–Crippen LogP) is 0.965.